The van der Waals surface area contributed by atoms with Gasteiger partial charge in [-0.1, -0.05) is 12.1 Å². The highest BCUT2D eigenvalue weighted by atomic mass is 16.5. The summed E-state index contributed by atoms with van der Waals surface area (Å²) < 4.78 is 10.9. The number of hydrogen-bond acceptors (Lipinski definition) is 5. The Morgan fingerprint density at radius 3 is 2.57 bits per heavy atom. The first kappa shape index (κ1) is 15.6. The van der Waals surface area contributed by atoms with Crippen molar-refractivity contribution in [1.29, 1.82) is 0 Å². The van der Waals surface area contributed by atoms with Crippen LogP contribution < -0.4 is 10.5 Å². The van der Waals surface area contributed by atoms with E-state index in [0.717, 1.165) is 12.3 Å². The molecule has 0 saturated carbocycles. The number of nitrogens with zero attached hydrogens (tertiary/aromatic N) is 2. The summed E-state index contributed by atoms with van der Waals surface area (Å²) in [6.07, 6.45) is 0.176. The average Bonchev–Trinajstić information content (AvgIpc) is 2.73. The zero-order chi connectivity index (χ0) is 15.5. The van der Waals surface area contributed by atoms with Crippen molar-refractivity contribution in [3.05, 3.63) is 29.8 Å². The Kier molecular flexibility index (Phi) is 4.73. The zero-order valence-electron chi connectivity index (χ0n) is 13.3. The van der Waals surface area contributed by atoms with Gasteiger partial charge in [-0.15, -0.1) is 0 Å². The van der Waals surface area contributed by atoms with Gasteiger partial charge >= 0.3 is 0 Å². The van der Waals surface area contributed by atoms with Crippen molar-refractivity contribution in [2.75, 3.05) is 26.8 Å². The number of hydrogen-bond donors (Lipinski definition) is 1. The highest BCUT2D eigenvalue weighted by Gasteiger charge is 2.39. The molecule has 2 N–H and O–H groups in total. The Bertz CT molecular complexity index is 499. The molecule has 1 atom stereocenters. The van der Waals surface area contributed by atoms with Crippen molar-refractivity contribution in [3.63, 3.8) is 0 Å². The summed E-state index contributed by atoms with van der Waals surface area (Å²) in [5, 5.41) is 0. The van der Waals surface area contributed by atoms with Gasteiger partial charge in [0.25, 0.3) is 0 Å². The molecule has 5 nitrogen and oxygen atoms in total. The molecule has 0 saturated heterocycles. The van der Waals surface area contributed by atoms with E-state index in [1.807, 2.05) is 26.0 Å². The predicted octanol–water partition coefficient (Wildman–Crippen LogP) is 1.97. The van der Waals surface area contributed by atoms with E-state index < -0.39 is 0 Å². The molecule has 2 rings (SSSR count). The van der Waals surface area contributed by atoms with Crippen molar-refractivity contribution in [2.24, 2.45) is 10.7 Å². The lowest BCUT2D eigenvalue weighted by Crippen LogP contribution is -2.48. The minimum atomic E-state index is -0.223. The molecule has 116 valence electrons. The van der Waals surface area contributed by atoms with Gasteiger partial charge in [-0.05, 0) is 38.5 Å². The van der Waals surface area contributed by atoms with E-state index in [1.165, 1.54) is 5.56 Å². The molecule has 1 heterocycles. The van der Waals surface area contributed by atoms with Crippen molar-refractivity contribution < 1.29 is 9.47 Å². The van der Waals surface area contributed by atoms with Crippen LogP contribution in [0.15, 0.2) is 29.3 Å². The summed E-state index contributed by atoms with van der Waals surface area (Å²) in [6, 6.07) is 8.18. The minimum absolute atomic E-state index is 0.176. The number of ether oxygens (including phenoxy) is 2. The minimum Gasteiger partial charge on any atom is -0.491 e. The maximum Gasteiger partial charge on any atom is 0.192 e. The Morgan fingerprint density at radius 2 is 2.00 bits per heavy atom. The zero-order valence-corrected chi connectivity index (χ0v) is 13.3. The normalized spacial score (nSPS) is 21.8. The van der Waals surface area contributed by atoms with Gasteiger partial charge in [-0.25, -0.2) is 0 Å². The fourth-order valence-electron chi connectivity index (χ4n) is 2.61. The van der Waals surface area contributed by atoms with E-state index in [2.05, 4.69) is 28.9 Å². The number of nitrogens with two attached hydrogens (primary N) is 1. The number of guanidine groups is 1. The monoisotopic (exact) mass is 291 g/mol. The maximum absolute atomic E-state index is 6.02. The van der Waals surface area contributed by atoms with E-state index in [9.17, 15) is 0 Å². The highest BCUT2D eigenvalue weighted by molar-refractivity contribution is 5.81. The highest BCUT2D eigenvalue weighted by Crippen LogP contribution is 2.33. The van der Waals surface area contributed by atoms with E-state index in [0.29, 0.717) is 19.1 Å². The molecule has 1 aromatic rings. The number of aliphatic imine (C=N–C) groups is 1. The molecule has 1 aliphatic heterocycles. The second-order valence-corrected chi connectivity index (χ2v) is 5.78. The maximum atomic E-state index is 6.02. The first-order valence-corrected chi connectivity index (χ1v) is 7.31. The van der Waals surface area contributed by atoms with Gasteiger partial charge < -0.3 is 20.1 Å². The molecule has 0 bridgehead atoms. The Hall–Kier alpha value is -1.75. The van der Waals surface area contributed by atoms with Crippen molar-refractivity contribution in [1.82, 2.24) is 4.90 Å². The predicted molar refractivity (Wildman–Crippen MR) is 84.6 cm³/mol. The van der Waals surface area contributed by atoms with Gasteiger partial charge in [0.2, 0.25) is 0 Å². The molecule has 21 heavy (non-hydrogen) atoms. The molecule has 0 spiro atoms. The van der Waals surface area contributed by atoms with Crippen molar-refractivity contribution in [2.45, 2.75) is 32.4 Å². The lowest BCUT2D eigenvalue weighted by atomic mass is 9.91. The molecule has 5 heteroatoms. The largest absolute Gasteiger partial charge is 0.491 e. The molecule has 0 aromatic heterocycles. The van der Waals surface area contributed by atoms with Gasteiger partial charge in [-0.3, -0.25) is 4.99 Å². The third-order valence-electron chi connectivity index (χ3n) is 3.79. The van der Waals surface area contributed by atoms with Gasteiger partial charge in [-0.2, -0.15) is 0 Å². The Morgan fingerprint density at radius 1 is 1.33 bits per heavy atom. The average molecular weight is 291 g/mol. The van der Waals surface area contributed by atoms with Crippen LogP contribution in [0.4, 0.5) is 0 Å². The van der Waals surface area contributed by atoms with Crippen LogP contribution in [0.5, 0.6) is 5.75 Å². The molecule has 1 aromatic carbocycles. The van der Waals surface area contributed by atoms with Crippen LogP contribution in [-0.4, -0.2) is 43.8 Å². The van der Waals surface area contributed by atoms with Crippen LogP contribution in [0.2, 0.25) is 0 Å². The third-order valence-corrected chi connectivity index (χ3v) is 3.79. The Labute approximate surface area is 126 Å². The van der Waals surface area contributed by atoms with Gasteiger partial charge in [0, 0.05) is 13.7 Å². The molecule has 0 aliphatic carbocycles. The first-order chi connectivity index (χ1) is 9.97. The van der Waals surface area contributed by atoms with Crippen molar-refractivity contribution in [3.8, 4) is 5.75 Å². The van der Waals surface area contributed by atoms with Crippen LogP contribution in [0, 0.1) is 0 Å². The quantitative estimate of drug-likeness (QED) is 0.870. The SMILES string of the molecule is COCCN1C(N)=NCC1(C)c1ccc(OC(C)C)cc1. The van der Waals surface area contributed by atoms with E-state index in [1.54, 1.807) is 7.11 Å². The van der Waals surface area contributed by atoms with E-state index in [4.69, 9.17) is 15.2 Å². The second kappa shape index (κ2) is 6.35. The fraction of sp³-hybridized carbons (Fsp3) is 0.562. The molecule has 1 unspecified atom stereocenters. The summed E-state index contributed by atoms with van der Waals surface area (Å²) >= 11 is 0. The molecule has 0 amide bonds. The van der Waals surface area contributed by atoms with Crippen molar-refractivity contribution >= 4 is 5.96 Å². The summed E-state index contributed by atoms with van der Waals surface area (Å²) in [5.74, 6) is 1.46. The van der Waals surface area contributed by atoms with Gasteiger partial charge in [0.1, 0.15) is 5.75 Å². The molecule has 1 aliphatic rings. The standard InChI is InChI=1S/C16H25N3O2/c1-12(2)21-14-7-5-13(6-8-14)16(3)11-18-15(17)19(16)9-10-20-4/h5-8,12H,9-11H2,1-4H3,(H2,17,18). The van der Waals surface area contributed by atoms with Gasteiger partial charge in [0.05, 0.1) is 24.8 Å². The summed E-state index contributed by atoms with van der Waals surface area (Å²) in [6.45, 7) is 8.21. The topological polar surface area (TPSA) is 60.1 Å². The fourth-order valence-corrected chi connectivity index (χ4v) is 2.61. The first-order valence-electron chi connectivity index (χ1n) is 7.31. The summed E-state index contributed by atoms with van der Waals surface area (Å²) in [5.41, 5.74) is 6.98. The van der Waals surface area contributed by atoms with E-state index in [-0.39, 0.29) is 11.6 Å². The molecule has 0 fully saturated rings. The van der Waals surface area contributed by atoms with Crippen LogP contribution >= 0.6 is 0 Å². The van der Waals surface area contributed by atoms with Crippen LogP contribution in [0.3, 0.4) is 0 Å². The molecular formula is C16H25N3O2. The number of rotatable bonds is 6. The number of benzene rings is 1. The summed E-state index contributed by atoms with van der Waals surface area (Å²) in [7, 11) is 1.69. The van der Waals surface area contributed by atoms with E-state index >= 15 is 0 Å². The third kappa shape index (κ3) is 3.29. The molecule has 0 radical (unpaired) electrons. The van der Waals surface area contributed by atoms with Crippen LogP contribution in [-0.2, 0) is 10.3 Å². The smallest absolute Gasteiger partial charge is 0.192 e. The van der Waals surface area contributed by atoms with Crippen LogP contribution in [0.25, 0.3) is 0 Å². The number of methoxy groups -OCH3 is 1. The summed E-state index contributed by atoms with van der Waals surface area (Å²) in [4.78, 5) is 6.51. The lowest BCUT2D eigenvalue weighted by Gasteiger charge is -2.36. The molecular weight excluding hydrogens is 266 g/mol. The van der Waals surface area contributed by atoms with Gasteiger partial charge in [0.15, 0.2) is 5.96 Å². The Balaban J connectivity index is 2.18. The van der Waals surface area contributed by atoms with Crippen LogP contribution in [0.1, 0.15) is 26.3 Å². The second-order valence-electron chi connectivity index (χ2n) is 5.78. The lowest BCUT2D eigenvalue weighted by molar-refractivity contribution is 0.137.